The van der Waals surface area contributed by atoms with Gasteiger partial charge in [-0.2, -0.15) is 5.10 Å². The lowest BCUT2D eigenvalue weighted by Gasteiger charge is -2.21. The number of aliphatic hydroxyl groups is 2. The fraction of sp³-hybridized carbons (Fsp3) is 0.261. The van der Waals surface area contributed by atoms with E-state index in [1.807, 2.05) is 23.6 Å². The molecule has 1 amide bonds. The average molecular weight is 478 g/mol. The molecule has 0 saturated carbocycles. The minimum atomic E-state index is -1.50. The van der Waals surface area contributed by atoms with Gasteiger partial charge in [-0.05, 0) is 17.7 Å². The van der Waals surface area contributed by atoms with Crippen molar-refractivity contribution in [3.8, 4) is 22.0 Å². The van der Waals surface area contributed by atoms with E-state index in [0.717, 1.165) is 16.3 Å². The number of hydrogen-bond donors (Lipinski definition) is 3. The zero-order chi connectivity index (χ0) is 23.7. The van der Waals surface area contributed by atoms with E-state index in [4.69, 9.17) is 10.1 Å². The molecular formula is C23H23N7O3S. The van der Waals surface area contributed by atoms with Crippen LogP contribution in [0.4, 0.5) is 11.6 Å². The Labute approximate surface area is 199 Å². The lowest BCUT2D eigenvalue weighted by Crippen LogP contribution is -2.36. The van der Waals surface area contributed by atoms with Gasteiger partial charge in [-0.1, -0.05) is 18.2 Å². The van der Waals surface area contributed by atoms with Gasteiger partial charge in [-0.25, -0.2) is 15.0 Å². The Morgan fingerprint density at radius 2 is 2.12 bits per heavy atom. The van der Waals surface area contributed by atoms with Crippen molar-refractivity contribution in [1.82, 2.24) is 29.6 Å². The Hall–Kier alpha value is -3.67. The summed E-state index contributed by atoms with van der Waals surface area (Å²) in [6.07, 6.45) is 5.43. The molecule has 4 heterocycles. The largest absolute Gasteiger partial charge is 0.394 e. The van der Waals surface area contributed by atoms with E-state index < -0.39 is 5.60 Å². The molecule has 0 aliphatic carbocycles. The first-order valence-electron chi connectivity index (χ1n) is 10.7. The van der Waals surface area contributed by atoms with Gasteiger partial charge in [0.05, 0.1) is 30.7 Å². The first-order chi connectivity index (χ1) is 16.5. The summed E-state index contributed by atoms with van der Waals surface area (Å²) in [6.45, 7) is 0.940. The van der Waals surface area contributed by atoms with Crippen molar-refractivity contribution >= 4 is 28.9 Å². The van der Waals surface area contributed by atoms with Gasteiger partial charge in [0, 0.05) is 43.4 Å². The predicted molar refractivity (Wildman–Crippen MR) is 127 cm³/mol. The molecule has 4 aromatic rings. The van der Waals surface area contributed by atoms with Crippen LogP contribution in [0.1, 0.15) is 12.0 Å². The molecular weight excluding hydrogens is 454 g/mol. The highest BCUT2D eigenvalue weighted by atomic mass is 32.1. The molecule has 1 aliphatic rings. The summed E-state index contributed by atoms with van der Waals surface area (Å²) in [6, 6.07) is 9.13. The van der Waals surface area contributed by atoms with Crippen LogP contribution in [-0.2, 0) is 16.9 Å². The van der Waals surface area contributed by atoms with E-state index in [1.54, 1.807) is 47.4 Å². The maximum absolute atomic E-state index is 12.5. The van der Waals surface area contributed by atoms with Crippen molar-refractivity contribution in [2.75, 3.05) is 25.5 Å². The molecule has 1 saturated heterocycles. The van der Waals surface area contributed by atoms with Crippen LogP contribution in [0.25, 0.3) is 22.0 Å². The van der Waals surface area contributed by atoms with Crippen LogP contribution in [0, 0.1) is 0 Å². The number of carbonyl (C=O) groups excluding carboxylic acids is 1. The maximum Gasteiger partial charge on any atom is 0.258 e. The number of hydrogen-bond acceptors (Lipinski definition) is 9. The third kappa shape index (κ3) is 4.16. The van der Waals surface area contributed by atoms with Crippen molar-refractivity contribution in [2.24, 2.45) is 0 Å². The van der Waals surface area contributed by atoms with E-state index in [9.17, 15) is 9.90 Å². The second-order valence-electron chi connectivity index (χ2n) is 8.06. The molecule has 0 bridgehead atoms. The van der Waals surface area contributed by atoms with Gasteiger partial charge < -0.3 is 20.4 Å². The fourth-order valence-electron chi connectivity index (χ4n) is 3.90. The minimum Gasteiger partial charge on any atom is -0.394 e. The molecule has 10 nitrogen and oxygen atoms in total. The number of rotatable bonds is 7. The number of aliphatic hydroxyl groups excluding tert-OH is 1. The molecule has 0 spiro atoms. The molecule has 1 aromatic carbocycles. The highest BCUT2D eigenvalue weighted by molar-refractivity contribution is 7.13. The number of aromatic nitrogens is 5. The maximum atomic E-state index is 12.5. The summed E-state index contributed by atoms with van der Waals surface area (Å²) < 4.78 is 1.63. The van der Waals surface area contributed by atoms with E-state index in [-0.39, 0.29) is 12.5 Å². The molecule has 3 aromatic heterocycles. The van der Waals surface area contributed by atoms with E-state index in [1.165, 1.54) is 11.3 Å². The van der Waals surface area contributed by atoms with Gasteiger partial charge in [0.25, 0.3) is 5.91 Å². The molecule has 1 aliphatic heterocycles. The molecule has 1 atom stereocenters. The fourth-order valence-corrected chi connectivity index (χ4v) is 4.70. The Balaban J connectivity index is 1.37. The first-order valence-corrected chi connectivity index (χ1v) is 11.6. The third-order valence-corrected chi connectivity index (χ3v) is 6.61. The Morgan fingerprint density at radius 1 is 1.24 bits per heavy atom. The third-order valence-electron chi connectivity index (χ3n) is 5.74. The van der Waals surface area contributed by atoms with Crippen molar-refractivity contribution in [3.05, 3.63) is 59.9 Å². The van der Waals surface area contributed by atoms with Crippen LogP contribution in [0.3, 0.4) is 0 Å². The normalized spacial score (nSPS) is 18.0. The molecule has 34 heavy (non-hydrogen) atoms. The van der Waals surface area contributed by atoms with Crippen molar-refractivity contribution < 1.29 is 15.0 Å². The van der Waals surface area contributed by atoms with Gasteiger partial charge in [0.1, 0.15) is 10.7 Å². The highest BCUT2D eigenvalue weighted by Gasteiger charge is 2.45. The number of carbonyl (C=O) groups is 1. The number of amides is 1. The van der Waals surface area contributed by atoms with E-state index >= 15 is 0 Å². The topological polar surface area (TPSA) is 129 Å². The van der Waals surface area contributed by atoms with E-state index in [2.05, 4.69) is 20.4 Å². The zero-order valence-corrected chi connectivity index (χ0v) is 19.2. The number of nitrogens with zero attached hydrogens (tertiary/aromatic N) is 6. The lowest BCUT2D eigenvalue weighted by molar-refractivity contribution is -0.143. The standard InChI is InChI=1S/C23H23N7O3S/c1-29-8-6-23(33,21(29)32)16-4-2-3-15(11-16)19-14-34-20(27-19)18-5-7-24-22(28-18)26-17-12-25-30(13-17)9-10-31/h2-5,7,11-14,31,33H,6,8-10H2,1H3,(H,24,26,28). The summed E-state index contributed by atoms with van der Waals surface area (Å²) in [5.41, 5.74) is 2.01. The smallest absolute Gasteiger partial charge is 0.258 e. The molecule has 11 heteroatoms. The minimum absolute atomic E-state index is 0.00897. The molecule has 174 valence electrons. The molecule has 0 radical (unpaired) electrons. The van der Waals surface area contributed by atoms with Crippen LogP contribution in [0.5, 0.6) is 0 Å². The molecule has 1 unspecified atom stereocenters. The van der Waals surface area contributed by atoms with Crippen LogP contribution in [0.15, 0.2) is 54.3 Å². The van der Waals surface area contributed by atoms with Crippen LogP contribution in [0.2, 0.25) is 0 Å². The number of anilines is 2. The van der Waals surface area contributed by atoms with Gasteiger partial charge in [-0.15, -0.1) is 11.3 Å². The predicted octanol–water partition coefficient (Wildman–Crippen LogP) is 2.25. The quantitative estimate of drug-likeness (QED) is 0.370. The summed E-state index contributed by atoms with van der Waals surface area (Å²) >= 11 is 1.45. The molecule has 5 rings (SSSR count). The van der Waals surface area contributed by atoms with Gasteiger partial charge in [0.2, 0.25) is 5.95 Å². The van der Waals surface area contributed by atoms with Gasteiger partial charge in [-0.3, -0.25) is 9.48 Å². The SMILES string of the molecule is CN1CCC(O)(c2cccc(-c3csc(-c4ccnc(Nc5cnn(CCO)c5)n4)n3)c2)C1=O. The second-order valence-corrected chi connectivity index (χ2v) is 8.92. The number of likely N-dealkylation sites (tertiary alicyclic amines) is 1. The highest BCUT2D eigenvalue weighted by Crippen LogP contribution is 2.35. The number of benzene rings is 1. The second kappa shape index (κ2) is 8.93. The zero-order valence-electron chi connectivity index (χ0n) is 18.4. The number of likely N-dealkylation sites (N-methyl/N-ethyl adjacent to an activating group) is 1. The van der Waals surface area contributed by atoms with Crippen LogP contribution < -0.4 is 5.32 Å². The Kier molecular flexibility index (Phi) is 5.82. The van der Waals surface area contributed by atoms with Crippen LogP contribution in [-0.4, -0.2) is 66.0 Å². The molecule has 1 fully saturated rings. The molecule has 3 N–H and O–H groups in total. The summed E-state index contributed by atoms with van der Waals surface area (Å²) in [5.74, 6) is 0.123. The first kappa shape index (κ1) is 22.1. The summed E-state index contributed by atoms with van der Waals surface area (Å²) in [7, 11) is 1.70. The Morgan fingerprint density at radius 3 is 2.91 bits per heavy atom. The van der Waals surface area contributed by atoms with Gasteiger partial charge >= 0.3 is 0 Å². The number of thiazole rings is 1. The Bertz CT molecular complexity index is 1340. The van der Waals surface area contributed by atoms with Crippen LogP contribution >= 0.6 is 11.3 Å². The van der Waals surface area contributed by atoms with Crippen molar-refractivity contribution in [3.63, 3.8) is 0 Å². The summed E-state index contributed by atoms with van der Waals surface area (Å²) in [5, 5.41) is 29.9. The monoisotopic (exact) mass is 477 g/mol. The summed E-state index contributed by atoms with van der Waals surface area (Å²) in [4.78, 5) is 27.6. The van der Waals surface area contributed by atoms with Crippen molar-refractivity contribution in [1.29, 1.82) is 0 Å². The average Bonchev–Trinajstić information content (AvgIpc) is 3.58. The van der Waals surface area contributed by atoms with E-state index in [0.29, 0.717) is 42.4 Å². The number of nitrogens with one attached hydrogen (secondary N) is 1. The lowest BCUT2D eigenvalue weighted by atomic mass is 9.90. The van der Waals surface area contributed by atoms with Crippen molar-refractivity contribution in [2.45, 2.75) is 18.6 Å². The van der Waals surface area contributed by atoms with Gasteiger partial charge in [0.15, 0.2) is 5.60 Å².